The second-order valence-corrected chi connectivity index (χ2v) is 5.71. The molecule has 1 aliphatic rings. The first-order chi connectivity index (χ1) is 9.29. The molecule has 0 atom stereocenters. The van der Waals surface area contributed by atoms with Crippen LogP contribution < -0.4 is 10.6 Å². The molecule has 1 aromatic heterocycles. The molecule has 0 aliphatic carbocycles. The Kier molecular flexibility index (Phi) is 5.86. The average molecular weight is 301 g/mol. The van der Waals surface area contributed by atoms with Gasteiger partial charge < -0.3 is 15.4 Å². The second-order valence-electron chi connectivity index (χ2n) is 4.35. The van der Waals surface area contributed by atoms with Crippen LogP contribution in [0.2, 0.25) is 5.15 Å². The molecule has 0 saturated carbocycles. The zero-order chi connectivity index (χ0) is 13.5. The lowest BCUT2D eigenvalue weighted by Gasteiger charge is -2.22. The molecule has 2 heterocycles. The fraction of sp³-hybridized carbons (Fsp3) is 0.667. The Morgan fingerprint density at radius 2 is 2.32 bits per heavy atom. The van der Waals surface area contributed by atoms with Crippen LogP contribution in [0, 0.1) is 11.3 Å². The molecule has 1 aliphatic heterocycles. The fourth-order valence-corrected chi connectivity index (χ4v) is 2.90. The van der Waals surface area contributed by atoms with Crippen molar-refractivity contribution in [1.29, 1.82) is 5.26 Å². The van der Waals surface area contributed by atoms with Gasteiger partial charge in [-0.2, -0.15) is 5.26 Å². The number of rotatable bonds is 6. The number of nitrogens with zero attached hydrogens (tertiary/aromatic N) is 2. The van der Waals surface area contributed by atoms with E-state index in [0.717, 1.165) is 45.5 Å². The van der Waals surface area contributed by atoms with Crippen molar-refractivity contribution in [2.24, 2.45) is 0 Å². The van der Waals surface area contributed by atoms with Gasteiger partial charge in [0.05, 0.1) is 6.10 Å². The van der Waals surface area contributed by atoms with E-state index in [0.29, 0.717) is 16.1 Å². The second kappa shape index (κ2) is 7.65. The lowest BCUT2D eigenvalue weighted by Crippen LogP contribution is -2.32. The molecule has 5 nitrogen and oxygen atoms in total. The third-order valence-corrected chi connectivity index (χ3v) is 4.23. The number of hydrogen-bond donors (Lipinski definition) is 2. The predicted molar refractivity (Wildman–Crippen MR) is 76.8 cm³/mol. The largest absolute Gasteiger partial charge is 0.378 e. The Hall–Kier alpha value is -0.870. The number of hydrogen-bond acceptors (Lipinski definition) is 6. The SMILES string of the molecule is N#Cc1sc(NCCCOC2CCNCC2)nc1Cl. The lowest BCUT2D eigenvalue weighted by atomic mass is 10.1. The van der Waals surface area contributed by atoms with Crippen LogP contribution in [-0.4, -0.2) is 37.3 Å². The number of aromatic nitrogens is 1. The smallest absolute Gasteiger partial charge is 0.185 e. The Bertz CT molecular complexity index is 439. The highest BCUT2D eigenvalue weighted by molar-refractivity contribution is 7.16. The van der Waals surface area contributed by atoms with Gasteiger partial charge in [0.2, 0.25) is 0 Å². The van der Waals surface area contributed by atoms with E-state index in [1.54, 1.807) is 0 Å². The summed E-state index contributed by atoms with van der Waals surface area (Å²) in [6, 6.07) is 2.01. The van der Waals surface area contributed by atoms with E-state index < -0.39 is 0 Å². The molecular formula is C12H17ClN4OS. The number of halogens is 1. The zero-order valence-electron chi connectivity index (χ0n) is 10.6. The van der Waals surface area contributed by atoms with Crippen molar-refractivity contribution in [2.45, 2.75) is 25.4 Å². The Morgan fingerprint density at radius 1 is 1.53 bits per heavy atom. The lowest BCUT2D eigenvalue weighted by molar-refractivity contribution is 0.0329. The topological polar surface area (TPSA) is 70.0 Å². The summed E-state index contributed by atoms with van der Waals surface area (Å²) in [7, 11) is 0. The van der Waals surface area contributed by atoms with Crippen molar-refractivity contribution in [3.05, 3.63) is 10.0 Å². The molecule has 0 unspecified atom stereocenters. The van der Waals surface area contributed by atoms with Crippen LogP contribution in [0.5, 0.6) is 0 Å². The molecule has 1 fully saturated rings. The van der Waals surface area contributed by atoms with E-state index in [4.69, 9.17) is 21.6 Å². The van der Waals surface area contributed by atoms with E-state index in [1.807, 2.05) is 6.07 Å². The summed E-state index contributed by atoms with van der Waals surface area (Å²) >= 11 is 7.07. The molecule has 0 radical (unpaired) electrons. The molecule has 1 aromatic rings. The van der Waals surface area contributed by atoms with Gasteiger partial charge in [-0.15, -0.1) is 0 Å². The molecule has 2 N–H and O–H groups in total. The highest BCUT2D eigenvalue weighted by Gasteiger charge is 2.12. The summed E-state index contributed by atoms with van der Waals surface area (Å²) in [5.41, 5.74) is 0. The van der Waals surface area contributed by atoms with Crippen molar-refractivity contribution >= 4 is 28.1 Å². The molecule has 104 valence electrons. The van der Waals surface area contributed by atoms with Crippen LogP contribution in [0.3, 0.4) is 0 Å². The van der Waals surface area contributed by atoms with E-state index >= 15 is 0 Å². The first-order valence-electron chi connectivity index (χ1n) is 6.42. The number of thiazole rings is 1. The molecule has 0 spiro atoms. The number of piperidine rings is 1. The Balaban J connectivity index is 1.59. The maximum Gasteiger partial charge on any atom is 0.185 e. The summed E-state index contributed by atoms with van der Waals surface area (Å²) in [4.78, 5) is 4.52. The minimum absolute atomic E-state index is 0.279. The van der Waals surface area contributed by atoms with Crippen molar-refractivity contribution in [3.63, 3.8) is 0 Å². The quantitative estimate of drug-likeness (QED) is 0.789. The van der Waals surface area contributed by atoms with Crippen LogP contribution >= 0.6 is 22.9 Å². The van der Waals surface area contributed by atoms with E-state index in [-0.39, 0.29) is 5.15 Å². The van der Waals surface area contributed by atoms with Gasteiger partial charge in [0.15, 0.2) is 10.3 Å². The summed E-state index contributed by atoms with van der Waals surface area (Å²) < 4.78 is 5.80. The van der Waals surface area contributed by atoms with Gasteiger partial charge in [-0.3, -0.25) is 0 Å². The minimum Gasteiger partial charge on any atom is -0.378 e. The normalized spacial score (nSPS) is 16.2. The van der Waals surface area contributed by atoms with E-state index in [9.17, 15) is 0 Å². The molecule has 0 aromatic carbocycles. The van der Waals surface area contributed by atoms with Gasteiger partial charge in [-0.05, 0) is 32.4 Å². The van der Waals surface area contributed by atoms with Crippen LogP contribution in [0.1, 0.15) is 24.1 Å². The monoisotopic (exact) mass is 300 g/mol. The van der Waals surface area contributed by atoms with Gasteiger partial charge in [0.1, 0.15) is 10.9 Å². The standard InChI is InChI=1S/C12H17ClN4OS/c13-11-10(8-14)19-12(17-11)16-4-1-7-18-9-2-5-15-6-3-9/h9,15H,1-7H2,(H,16,17). The van der Waals surface area contributed by atoms with Crippen LogP contribution in [-0.2, 0) is 4.74 Å². The number of ether oxygens (including phenoxy) is 1. The predicted octanol–water partition coefficient (Wildman–Crippen LogP) is 2.24. The van der Waals surface area contributed by atoms with Gasteiger partial charge in [0, 0.05) is 13.2 Å². The summed E-state index contributed by atoms with van der Waals surface area (Å²) in [6.45, 7) is 3.64. The van der Waals surface area contributed by atoms with Crippen LogP contribution in [0.4, 0.5) is 5.13 Å². The van der Waals surface area contributed by atoms with Gasteiger partial charge in [-0.1, -0.05) is 22.9 Å². The molecule has 0 amide bonds. The molecule has 0 bridgehead atoms. The van der Waals surface area contributed by atoms with Crippen LogP contribution in [0.15, 0.2) is 0 Å². The number of anilines is 1. The van der Waals surface area contributed by atoms with Gasteiger partial charge >= 0.3 is 0 Å². The number of nitrogens with one attached hydrogen (secondary N) is 2. The molecule has 19 heavy (non-hydrogen) atoms. The van der Waals surface area contributed by atoms with Crippen molar-refractivity contribution < 1.29 is 4.74 Å². The highest BCUT2D eigenvalue weighted by atomic mass is 35.5. The van der Waals surface area contributed by atoms with Gasteiger partial charge in [-0.25, -0.2) is 4.98 Å². The molecule has 7 heteroatoms. The third kappa shape index (κ3) is 4.62. The first kappa shape index (κ1) is 14.5. The maximum absolute atomic E-state index is 8.77. The van der Waals surface area contributed by atoms with E-state index in [1.165, 1.54) is 11.3 Å². The molecule has 2 rings (SSSR count). The summed E-state index contributed by atoms with van der Waals surface area (Å²) in [6.07, 6.45) is 3.52. The van der Waals surface area contributed by atoms with Crippen molar-refractivity contribution in [2.75, 3.05) is 31.6 Å². The summed E-state index contributed by atoms with van der Waals surface area (Å²) in [5, 5.41) is 16.2. The first-order valence-corrected chi connectivity index (χ1v) is 7.61. The highest BCUT2D eigenvalue weighted by Crippen LogP contribution is 2.25. The van der Waals surface area contributed by atoms with Gasteiger partial charge in [0.25, 0.3) is 0 Å². The van der Waals surface area contributed by atoms with E-state index in [2.05, 4.69) is 15.6 Å². The maximum atomic E-state index is 8.77. The Morgan fingerprint density at radius 3 is 3.00 bits per heavy atom. The zero-order valence-corrected chi connectivity index (χ0v) is 12.2. The Labute approximate surface area is 121 Å². The minimum atomic E-state index is 0.279. The fourth-order valence-electron chi connectivity index (χ4n) is 1.93. The average Bonchev–Trinajstić information content (AvgIpc) is 2.80. The molecule has 1 saturated heterocycles. The van der Waals surface area contributed by atoms with Crippen LogP contribution in [0.25, 0.3) is 0 Å². The van der Waals surface area contributed by atoms with Crippen molar-refractivity contribution in [3.8, 4) is 6.07 Å². The van der Waals surface area contributed by atoms with Crippen molar-refractivity contribution in [1.82, 2.24) is 10.3 Å². The molecular weight excluding hydrogens is 284 g/mol. The number of nitriles is 1. The summed E-state index contributed by atoms with van der Waals surface area (Å²) in [5.74, 6) is 0. The third-order valence-electron chi connectivity index (χ3n) is 2.92.